The van der Waals surface area contributed by atoms with Crippen LogP contribution in [-0.4, -0.2) is 45.0 Å². The molecular weight excluding hydrogens is 671 g/mol. The Morgan fingerprint density at radius 1 is 1.12 bits per heavy atom. The van der Waals surface area contributed by atoms with Gasteiger partial charge in [-0.1, -0.05) is 19.1 Å². The molecule has 0 saturated carbocycles. The average Bonchev–Trinajstić information content (AvgIpc) is 3.49. The van der Waals surface area contributed by atoms with Crippen molar-refractivity contribution in [1.82, 2.24) is 20.2 Å². The largest absolute Gasteiger partial charge is 0.460 e. The van der Waals surface area contributed by atoms with E-state index in [1.807, 2.05) is 13.0 Å². The zero-order valence-electron chi connectivity index (χ0n) is 28.8. The van der Waals surface area contributed by atoms with Crippen molar-refractivity contribution in [1.29, 1.82) is 0 Å². The number of cyclic esters (lactones) is 1. The maximum atomic E-state index is 15.2. The molecule has 6 N–H and O–H groups in total. The van der Waals surface area contributed by atoms with Crippen LogP contribution in [0.15, 0.2) is 41.2 Å². The van der Waals surface area contributed by atoms with Crippen molar-refractivity contribution in [3.63, 3.8) is 0 Å². The number of urea groups is 1. The van der Waals surface area contributed by atoms with Crippen molar-refractivity contribution in [2.24, 2.45) is 5.73 Å². The number of aromatic nitrogens is 2. The summed E-state index contributed by atoms with van der Waals surface area (Å²) in [5, 5.41) is 20.1. The summed E-state index contributed by atoms with van der Waals surface area (Å²) in [6.07, 6.45) is 1.20. The molecule has 0 radical (unpaired) electrons. The standard InChI is InChI=1S/C38H39FN6O7/c1-3-21-23-14-29-33-24(16-45(29)36(49)25(23)17-52-37(21)50)32-27(12-11-22-18(2)26(39)15-28(43-33)31(22)32)44-35(48)34(47)19-7-9-20(10-8-19)42-30(46)6-4-5-13-41-38(40)51/h7-10,14-15,21,27,34,47H,3-6,11-13,16-17H2,1-2H3,(H,42,46)(H,44,48)(H3,40,41,51)/t21-,27+,34?/m1/s1. The summed E-state index contributed by atoms with van der Waals surface area (Å²) in [5.41, 5.74) is 10.8. The highest BCUT2D eigenvalue weighted by Gasteiger charge is 2.38. The van der Waals surface area contributed by atoms with Gasteiger partial charge in [-0.05, 0) is 85.0 Å². The van der Waals surface area contributed by atoms with E-state index >= 15 is 4.39 Å². The fourth-order valence-corrected chi connectivity index (χ4v) is 7.72. The number of halogens is 1. The molecule has 1 unspecified atom stereocenters. The summed E-state index contributed by atoms with van der Waals surface area (Å²) in [5.74, 6) is -2.22. The lowest BCUT2D eigenvalue weighted by Gasteiger charge is -2.30. The van der Waals surface area contributed by atoms with Gasteiger partial charge in [0.2, 0.25) is 5.91 Å². The zero-order chi connectivity index (χ0) is 36.8. The van der Waals surface area contributed by atoms with E-state index < -0.39 is 35.8 Å². The monoisotopic (exact) mass is 710 g/mol. The van der Waals surface area contributed by atoms with Crippen LogP contribution >= 0.6 is 0 Å². The molecule has 3 atom stereocenters. The smallest absolute Gasteiger partial charge is 0.313 e. The first-order valence-corrected chi connectivity index (χ1v) is 17.5. The third kappa shape index (κ3) is 6.16. The Kier molecular flexibility index (Phi) is 9.25. The number of carbonyl (C=O) groups is 4. The van der Waals surface area contributed by atoms with Crippen molar-refractivity contribution in [2.75, 3.05) is 11.9 Å². The number of pyridine rings is 2. The molecule has 1 aliphatic carbocycles. The van der Waals surface area contributed by atoms with E-state index in [4.69, 9.17) is 15.5 Å². The fourth-order valence-electron chi connectivity index (χ4n) is 7.72. The Balaban J connectivity index is 1.15. The topological polar surface area (TPSA) is 195 Å². The van der Waals surface area contributed by atoms with Gasteiger partial charge in [-0.15, -0.1) is 0 Å². The number of fused-ring (bicyclic) bond motifs is 5. The van der Waals surface area contributed by atoms with E-state index in [0.717, 1.165) is 22.1 Å². The Bertz CT molecular complexity index is 2220. The number of rotatable bonds is 10. The number of primary amides is 1. The van der Waals surface area contributed by atoms with Crippen molar-refractivity contribution in [3.8, 4) is 11.4 Å². The number of anilines is 1. The first-order chi connectivity index (χ1) is 25.0. The van der Waals surface area contributed by atoms with E-state index in [9.17, 15) is 29.1 Å². The number of amides is 4. The normalized spacial score (nSPS) is 17.4. The molecule has 3 aliphatic rings. The molecule has 7 rings (SSSR count). The van der Waals surface area contributed by atoms with Gasteiger partial charge in [-0.3, -0.25) is 19.2 Å². The van der Waals surface area contributed by atoms with Crippen LogP contribution in [0, 0.1) is 12.7 Å². The third-order valence-electron chi connectivity index (χ3n) is 10.4. The Hall–Kier alpha value is -5.63. The number of ether oxygens (including phenoxy) is 1. The molecule has 2 aromatic carbocycles. The molecule has 0 bridgehead atoms. The summed E-state index contributed by atoms with van der Waals surface area (Å²) in [7, 11) is 0. The van der Waals surface area contributed by atoms with Crippen LogP contribution in [0.3, 0.4) is 0 Å². The predicted octanol–water partition coefficient (Wildman–Crippen LogP) is 4.04. The molecule has 0 fully saturated rings. The van der Waals surface area contributed by atoms with Crippen LogP contribution in [0.2, 0.25) is 0 Å². The number of aliphatic hydroxyl groups is 1. The Morgan fingerprint density at radius 3 is 2.62 bits per heavy atom. The van der Waals surface area contributed by atoms with Gasteiger partial charge in [0, 0.05) is 35.7 Å². The number of unbranched alkanes of at least 4 members (excludes halogenated alkanes) is 1. The number of aliphatic hydroxyl groups excluding tert-OH is 1. The SMILES string of the molecule is CC[C@H]1C(=O)OCc2c1cc1n(c2=O)Cc2c-1nc1cc(F)c(C)c3c1c2[C@@H](NC(=O)C(O)c1ccc(NC(=O)CCCCNC(N)=O)cc1)CC3. The molecular formula is C38H39FN6O7. The number of benzene rings is 2. The molecule has 14 heteroatoms. The van der Waals surface area contributed by atoms with Crippen molar-refractivity contribution >= 4 is 40.4 Å². The predicted molar refractivity (Wildman–Crippen MR) is 189 cm³/mol. The maximum Gasteiger partial charge on any atom is 0.313 e. The second-order valence-electron chi connectivity index (χ2n) is 13.6. The van der Waals surface area contributed by atoms with Gasteiger partial charge in [0.15, 0.2) is 6.10 Å². The van der Waals surface area contributed by atoms with Gasteiger partial charge in [0.1, 0.15) is 12.4 Å². The van der Waals surface area contributed by atoms with Gasteiger partial charge < -0.3 is 36.1 Å². The molecule has 4 amide bonds. The quantitative estimate of drug-likeness (QED) is 0.106. The Morgan fingerprint density at radius 2 is 1.88 bits per heavy atom. The number of hydrogen-bond acceptors (Lipinski definition) is 8. The van der Waals surface area contributed by atoms with Crippen LogP contribution < -0.4 is 27.2 Å². The van der Waals surface area contributed by atoms with Crippen LogP contribution in [0.1, 0.15) is 96.0 Å². The number of aryl methyl sites for hydroxylation is 1. The molecule has 2 aliphatic heterocycles. The average molecular weight is 711 g/mol. The van der Waals surface area contributed by atoms with E-state index in [-0.39, 0.29) is 37.0 Å². The van der Waals surface area contributed by atoms with E-state index in [1.165, 1.54) is 6.07 Å². The van der Waals surface area contributed by atoms with Crippen molar-refractivity contribution in [3.05, 3.63) is 91.5 Å². The minimum absolute atomic E-state index is 0.113. The number of nitrogens with one attached hydrogen (secondary N) is 3. The van der Waals surface area contributed by atoms with Gasteiger partial charge >= 0.3 is 12.0 Å². The van der Waals surface area contributed by atoms with E-state index in [1.54, 1.807) is 35.8 Å². The molecule has 270 valence electrons. The van der Waals surface area contributed by atoms with E-state index in [2.05, 4.69) is 16.0 Å². The summed E-state index contributed by atoms with van der Waals surface area (Å²) in [4.78, 5) is 68.1. The molecule has 4 heterocycles. The van der Waals surface area contributed by atoms with Crippen molar-refractivity contribution < 1.29 is 33.4 Å². The molecule has 52 heavy (non-hydrogen) atoms. The third-order valence-corrected chi connectivity index (χ3v) is 10.4. The number of hydrogen-bond donors (Lipinski definition) is 5. The fraction of sp³-hybridized carbons (Fsp3) is 0.368. The Labute approximate surface area is 297 Å². The van der Waals surface area contributed by atoms with Gasteiger partial charge in [-0.2, -0.15) is 0 Å². The maximum absolute atomic E-state index is 15.2. The summed E-state index contributed by atoms with van der Waals surface area (Å²) in [6, 6.07) is 8.33. The molecule has 13 nitrogen and oxygen atoms in total. The summed E-state index contributed by atoms with van der Waals surface area (Å²) >= 11 is 0. The molecule has 0 spiro atoms. The first-order valence-electron chi connectivity index (χ1n) is 17.5. The van der Waals surface area contributed by atoms with Crippen LogP contribution in [0.5, 0.6) is 0 Å². The molecule has 4 aromatic rings. The zero-order valence-corrected chi connectivity index (χ0v) is 28.8. The minimum atomic E-state index is -1.53. The highest BCUT2D eigenvalue weighted by atomic mass is 19.1. The van der Waals surface area contributed by atoms with Crippen LogP contribution in [-0.2, 0) is 38.7 Å². The minimum Gasteiger partial charge on any atom is -0.460 e. The highest BCUT2D eigenvalue weighted by Crippen LogP contribution is 2.45. The number of carbonyl (C=O) groups excluding carboxylic acids is 4. The van der Waals surface area contributed by atoms with Crippen molar-refractivity contribution in [2.45, 2.75) is 83.6 Å². The molecule has 2 aromatic heterocycles. The summed E-state index contributed by atoms with van der Waals surface area (Å²) in [6.45, 7) is 4.01. The van der Waals surface area contributed by atoms with Gasteiger partial charge in [0.05, 0.1) is 41.0 Å². The van der Waals surface area contributed by atoms with Crippen LogP contribution in [0.25, 0.3) is 22.3 Å². The first kappa shape index (κ1) is 34.8. The summed E-state index contributed by atoms with van der Waals surface area (Å²) < 4.78 is 22.2. The second kappa shape index (κ2) is 13.8. The lowest BCUT2D eigenvalue weighted by molar-refractivity contribution is -0.148. The lowest BCUT2D eigenvalue weighted by Crippen LogP contribution is -2.35. The van der Waals surface area contributed by atoms with Crippen LogP contribution in [0.4, 0.5) is 14.9 Å². The molecule has 0 saturated heterocycles. The van der Waals surface area contributed by atoms with E-state index in [0.29, 0.717) is 83.5 Å². The van der Waals surface area contributed by atoms with Gasteiger partial charge in [-0.25, -0.2) is 14.2 Å². The highest BCUT2D eigenvalue weighted by molar-refractivity contribution is 5.94. The second-order valence-corrected chi connectivity index (χ2v) is 13.6. The number of nitrogens with zero attached hydrogens (tertiary/aromatic N) is 2. The van der Waals surface area contributed by atoms with Gasteiger partial charge in [0.25, 0.3) is 11.5 Å². The lowest BCUT2D eigenvalue weighted by atomic mass is 9.81. The number of esters is 1. The number of nitrogens with two attached hydrogens (primary N) is 1.